The molecule has 0 saturated heterocycles. The zero-order chi connectivity index (χ0) is 12.8. The molecule has 2 aromatic heterocycles. The Morgan fingerprint density at radius 2 is 1.83 bits per heavy atom. The van der Waals surface area contributed by atoms with Crippen molar-refractivity contribution in [2.45, 2.75) is 13.1 Å². The van der Waals surface area contributed by atoms with Crippen LogP contribution in [0, 0.1) is 0 Å². The standard InChI is InChI=1S/C14H18N4/c1-15-10-13-5-8-17-14(9-13)18(2)11-12-3-6-16-7-4-12/h3-9,15H,10-11H2,1-2H3. The highest BCUT2D eigenvalue weighted by Gasteiger charge is 2.04. The molecule has 0 aliphatic heterocycles. The number of anilines is 1. The van der Waals surface area contributed by atoms with Gasteiger partial charge in [0.25, 0.3) is 0 Å². The molecule has 0 aliphatic rings. The summed E-state index contributed by atoms with van der Waals surface area (Å²) >= 11 is 0. The van der Waals surface area contributed by atoms with Crippen LogP contribution in [-0.2, 0) is 13.1 Å². The number of pyridine rings is 2. The molecule has 94 valence electrons. The minimum absolute atomic E-state index is 0.832. The molecule has 0 amide bonds. The smallest absolute Gasteiger partial charge is 0.128 e. The molecule has 0 bridgehead atoms. The lowest BCUT2D eigenvalue weighted by molar-refractivity contribution is 0.811. The van der Waals surface area contributed by atoms with Crippen molar-refractivity contribution < 1.29 is 0 Å². The molecule has 18 heavy (non-hydrogen) atoms. The van der Waals surface area contributed by atoms with Gasteiger partial charge in [-0.2, -0.15) is 0 Å². The second-order valence-corrected chi connectivity index (χ2v) is 4.26. The minimum atomic E-state index is 0.832. The van der Waals surface area contributed by atoms with Gasteiger partial charge in [0.2, 0.25) is 0 Å². The van der Waals surface area contributed by atoms with Gasteiger partial charge in [0, 0.05) is 38.7 Å². The number of hydrogen-bond acceptors (Lipinski definition) is 4. The summed E-state index contributed by atoms with van der Waals surface area (Å²) in [6.07, 6.45) is 5.48. The topological polar surface area (TPSA) is 41.1 Å². The molecule has 1 N–H and O–H groups in total. The molecule has 2 aromatic rings. The Hall–Kier alpha value is -1.94. The van der Waals surface area contributed by atoms with Crippen LogP contribution < -0.4 is 10.2 Å². The summed E-state index contributed by atoms with van der Waals surface area (Å²) in [6.45, 7) is 1.69. The first-order chi connectivity index (χ1) is 8.79. The fourth-order valence-electron chi connectivity index (χ4n) is 1.83. The fraction of sp³-hybridized carbons (Fsp3) is 0.286. The monoisotopic (exact) mass is 242 g/mol. The number of aromatic nitrogens is 2. The van der Waals surface area contributed by atoms with Gasteiger partial charge in [0.1, 0.15) is 5.82 Å². The normalized spacial score (nSPS) is 10.3. The number of nitrogens with zero attached hydrogens (tertiary/aromatic N) is 3. The Morgan fingerprint density at radius 1 is 1.11 bits per heavy atom. The molecule has 0 atom stereocenters. The second-order valence-electron chi connectivity index (χ2n) is 4.26. The highest BCUT2D eigenvalue weighted by Crippen LogP contribution is 2.13. The molecule has 2 rings (SSSR count). The third-order valence-electron chi connectivity index (χ3n) is 2.75. The van der Waals surface area contributed by atoms with Crippen molar-refractivity contribution in [1.29, 1.82) is 0 Å². The fourth-order valence-corrected chi connectivity index (χ4v) is 1.83. The van der Waals surface area contributed by atoms with Gasteiger partial charge in [-0.25, -0.2) is 4.98 Å². The molecule has 0 aromatic carbocycles. The van der Waals surface area contributed by atoms with Crippen LogP contribution in [0.2, 0.25) is 0 Å². The van der Waals surface area contributed by atoms with E-state index in [0.29, 0.717) is 0 Å². The Labute approximate surface area is 108 Å². The van der Waals surface area contributed by atoms with E-state index in [1.54, 1.807) is 0 Å². The van der Waals surface area contributed by atoms with E-state index >= 15 is 0 Å². The Morgan fingerprint density at radius 3 is 2.56 bits per heavy atom. The number of nitrogens with one attached hydrogen (secondary N) is 1. The first-order valence-corrected chi connectivity index (χ1v) is 5.99. The zero-order valence-corrected chi connectivity index (χ0v) is 10.8. The van der Waals surface area contributed by atoms with Crippen LogP contribution in [0.15, 0.2) is 42.9 Å². The highest BCUT2D eigenvalue weighted by atomic mass is 15.2. The van der Waals surface area contributed by atoms with Crippen molar-refractivity contribution in [3.05, 3.63) is 54.0 Å². The van der Waals surface area contributed by atoms with Crippen molar-refractivity contribution in [3.63, 3.8) is 0 Å². The van der Waals surface area contributed by atoms with Crippen molar-refractivity contribution in [2.75, 3.05) is 19.0 Å². The molecule has 0 radical (unpaired) electrons. The van der Waals surface area contributed by atoms with Crippen LogP contribution >= 0.6 is 0 Å². The number of rotatable bonds is 5. The molecule has 0 fully saturated rings. The summed E-state index contributed by atoms with van der Waals surface area (Å²) in [5, 5.41) is 3.15. The van der Waals surface area contributed by atoms with E-state index < -0.39 is 0 Å². The lowest BCUT2D eigenvalue weighted by atomic mass is 10.2. The van der Waals surface area contributed by atoms with Gasteiger partial charge in [-0.1, -0.05) is 0 Å². The largest absolute Gasteiger partial charge is 0.355 e. The van der Waals surface area contributed by atoms with Gasteiger partial charge >= 0.3 is 0 Å². The minimum Gasteiger partial charge on any atom is -0.355 e. The predicted octanol–water partition coefficient (Wildman–Crippen LogP) is 1.83. The molecule has 2 heterocycles. The maximum absolute atomic E-state index is 4.40. The molecular weight excluding hydrogens is 224 g/mol. The summed E-state index contributed by atoms with van der Waals surface area (Å²) in [7, 11) is 3.99. The van der Waals surface area contributed by atoms with Crippen molar-refractivity contribution in [1.82, 2.24) is 15.3 Å². The Bertz CT molecular complexity index is 484. The maximum Gasteiger partial charge on any atom is 0.128 e. The molecule has 0 aliphatic carbocycles. The third-order valence-corrected chi connectivity index (χ3v) is 2.75. The van der Waals surface area contributed by atoms with E-state index in [-0.39, 0.29) is 0 Å². The molecule has 0 spiro atoms. The summed E-state index contributed by atoms with van der Waals surface area (Å²) in [5.74, 6) is 0.986. The second kappa shape index (κ2) is 6.12. The molecule has 0 saturated carbocycles. The van der Waals surface area contributed by atoms with E-state index in [9.17, 15) is 0 Å². The molecule has 4 nitrogen and oxygen atoms in total. The molecular formula is C14H18N4. The van der Waals surface area contributed by atoms with E-state index in [0.717, 1.165) is 18.9 Å². The predicted molar refractivity (Wildman–Crippen MR) is 73.3 cm³/mol. The quantitative estimate of drug-likeness (QED) is 0.868. The van der Waals surface area contributed by atoms with Crippen LogP contribution in [0.1, 0.15) is 11.1 Å². The summed E-state index contributed by atoms with van der Waals surface area (Å²) in [4.78, 5) is 10.6. The van der Waals surface area contributed by atoms with Crippen molar-refractivity contribution in [2.24, 2.45) is 0 Å². The van der Waals surface area contributed by atoms with Gasteiger partial charge in [-0.15, -0.1) is 0 Å². The van der Waals surface area contributed by atoms with Gasteiger partial charge < -0.3 is 10.2 Å². The summed E-state index contributed by atoms with van der Waals surface area (Å²) in [5.41, 5.74) is 2.47. The van der Waals surface area contributed by atoms with Gasteiger partial charge in [-0.05, 0) is 42.4 Å². The van der Waals surface area contributed by atoms with E-state index in [1.807, 2.05) is 50.9 Å². The highest BCUT2D eigenvalue weighted by molar-refractivity contribution is 5.40. The summed E-state index contributed by atoms with van der Waals surface area (Å²) in [6, 6.07) is 8.18. The lowest BCUT2D eigenvalue weighted by Gasteiger charge is -2.18. The van der Waals surface area contributed by atoms with Crippen LogP contribution in [0.4, 0.5) is 5.82 Å². The first kappa shape index (κ1) is 12.5. The van der Waals surface area contributed by atoms with E-state index in [4.69, 9.17) is 0 Å². The maximum atomic E-state index is 4.40. The van der Waals surface area contributed by atoms with Gasteiger partial charge in [-0.3, -0.25) is 4.98 Å². The van der Waals surface area contributed by atoms with Gasteiger partial charge in [0.15, 0.2) is 0 Å². The van der Waals surface area contributed by atoms with Crippen LogP contribution in [0.5, 0.6) is 0 Å². The molecule has 0 unspecified atom stereocenters. The van der Waals surface area contributed by atoms with Crippen LogP contribution in [-0.4, -0.2) is 24.1 Å². The van der Waals surface area contributed by atoms with Gasteiger partial charge in [0.05, 0.1) is 0 Å². The van der Waals surface area contributed by atoms with E-state index in [2.05, 4.69) is 26.3 Å². The first-order valence-electron chi connectivity index (χ1n) is 5.99. The SMILES string of the molecule is CNCc1ccnc(N(C)Cc2ccncc2)c1. The van der Waals surface area contributed by atoms with Crippen LogP contribution in [0.3, 0.4) is 0 Å². The van der Waals surface area contributed by atoms with Crippen molar-refractivity contribution >= 4 is 5.82 Å². The average Bonchev–Trinajstić information content (AvgIpc) is 2.40. The third kappa shape index (κ3) is 3.28. The lowest BCUT2D eigenvalue weighted by Crippen LogP contribution is -2.18. The Balaban J connectivity index is 2.08. The number of hydrogen-bond donors (Lipinski definition) is 1. The summed E-state index contributed by atoms with van der Waals surface area (Å²) < 4.78 is 0. The molecule has 4 heteroatoms. The van der Waals surface area contributed by atoms with Crippen LogP contribution in [0.25, 0.3) is 0 Å². The van der Waals surface area contributed by atoms with E-state index in [1.165, 1.54) is 11.1 Å². The van der Waals surface area contributed by atoms with Crippen molar-refractivity contribution in [3.8, 4) is 0 Å². The average molecular weight is 242 g/mol. The zero-order valence-electron chi connectivity index (χ0n) is 10.8. The Kier molecular flexibility index (Phi) is 4.25.